The third-order valence-electron chi connectivity index (χ3n) is 2.83. The van der Waals surface area contributed by atoms with E-state index in [2.05, 4.69) is 0 Å². The Bertz CT molecular complexity index is 440. The Morgan fingerprint density at radius 1 is 1.47 bits per heavy atom. The van der Waals surface area contributed by atoms with Crippen LogP contribution in [0.3, 0.4) is 0 Å². The summed E-state index contributed by atoms with van der Waals surface area (Å²) in [5.74, 6) is -1.16. The molecule has 0 spiro atoms. The van der Waals surface area contributed by atoms with Crippen molar-refractivity contribution >= 4 is 11.9 Å². The van der Waals surface area contributed by atoms with Crippen LogP contribution in [0.1, 0.15) is 24.3 Å². The molecule has 1 aromatic heterocycles. The maximum absolute atomic E-state index is 12.2. The summed E-state index contributed by atoms with van der Waals surface area (Å²) in [6, 6.07) is 3.14. The number of methoxy groups -OCH3 is 1. The van der Waals surface area contributed by atoms with Crippen molar-refractivity contribution in [2.24, 2.45) is 0 Å². The van der Waals surface area contributed by atoms with Crippen molar-refractivity contribution in [1.29, 1.82) is 0 Å². The van der Waals surface area contributed by atoms with Gasteiger partial charge in [-0.25, -0.2) is 4.79 Å². The van der Waals surface area contributed by atoms with Crippen LogP contribution in [0.15, 0.2) is 18.3 Å². The molecule has 0 aromatic carbocycles. The summed E-state index contributed by atoms with van der Waals surface area (Å²) in [5, 5.41) is 8.99. The molecule has 0 radical (unpaired) electrons. The van der Waals surface area contributed by atoms with Crippen LogP contribution in [-0.4, -0.2) is 52.8 Å². The van der Waals surface area contributed by atoms with Crippen LogP contribution in [0.5, 0.6) is 0 Å². The molecule has 0 fully saturated rings. The van der Waals surface area contributed by atoms with Crippen molar-refractivity contribution < 1.29 is 19.4 Å². The number of carbonyl (C=O) groups excluding carboxylic acids is 1. The standard InChI is InChI=1S/C13H20N2O4/c1-10(2)15(7-8-19-3)12(16)9-14-6-4-5-11(14)13(17)18/h4-6,10H,7-9H2,1-3H3,(H,17,18). The summed E-state index contributed by atoms with van der Waals surface area (Å²) in [6.07, 6.45) is 1.59. The van der Waals surface area contributed by atoms with Crippen LogP contribution in [0.25, 0.3) is 0 Å². The number of hydrogen-bond donors (Lipinski definition) is 1. The fourth-order valence-corrected chi connectivity index (χ4v) is 1.84. The molecule has 0 atom stereocenters. The van der Waals surface area contributed by atoms with Gasteiger partial charge in [-0.1, -0.05) is 0 Å². The second kappa shape index (κ2) is 6.94. The fourth-order valence-electron chi connectivity index (χ4n) is 1.84. The Morgan fingerprint density at radius 2 is 2.16 bits per heavy atom. The molecular formula is C13H20N2O4. The lowest BCUT2D eigenvalue weighted by molar-refractivity contribution is -0.134. The first kappa shape index (κ1) is 15.2. The van der Waals surface area contributed by atoms with Gasteiger partial charge in [0, 0.05) is 25.9 Å². The van der Waals surface area contributed by atoms with Crippen LogP contribution < -0.4 is 0 Å². The smallest absolute Gasteiger partial charge is 0.352 e. The van der Waals surface area contributed by atoms with Crippen molar-refractivity contribution in [1.82, 2.24) is 9.47 Å². The van der Waals surface area contributed by atoms with Crippen molar-refractivity contribution in [3.05, 3.63) is 24.0 Å². The van der Waals surface area contributed by atoms with Gasteiger partial charge < -0.3 is 19.3 Å². The van der Waals surface area contributed by atoms with E-state index in [1.165, 1.54) is 10.6 Å². The van der Waals surface area contributed by atoms with E-state index in [0.717, 1.165) is 0 Å². The number of carbonyl (C=O) groups is 2. The maximum atomic E-state index is 12.2. The zero-order valence-electron chi connectivity index (χ0n) is 11.5. The predicted octanol–water partition coefficient (Wildman–Crippen LogP) is 1.07. The van der Waals surface area contributed by atoms with Crippen LogP contribution >= 0.6 is 0 Å². The second-order valence-electron chi connectivity index (χ2n) is 4.50. The molecule has 0 unspecified atom stereocenters. The number of hydrogen-bond acceptors (Lipinski definition) is 3. The maximum Gasteiger partial charge on any atom is 0.352 e. The van der Waals surface area contributed by atoms with Gasteiger partial charge in [0.2, 0.25) is 5.91 Å². The fraction of sp³-hybridized carbons (Fsp3) is 0.538. The SMILES string of the molecule is COCCN(C(=O)Cn1cccc1C(=O)O)C(C)C. The zero-order valence-corrected chi connectivity index (χ0v) is 11.5. The minimum absolute atomic E-state index is 0.0243. The van der Waals surface area contributed by atoms with E-state index in [1.54, 1.807) is 24.3 Å². The van der Waals surface area contributed by atoms with Crippen molar-refractivity contribution in [3.8, 4) is 0 Å². The summed E-state index contributed by atoms with van der Waals surface area (Å²) in [5.41, 5.74) is 0.115. The molecule has 1 N–H and O–H groups in total. The Balaban J connectivity index is 2.75. The first-order valence-corrected chi connectivity index (χ1v) is 6.14. The molecule has 0 aliphatic rings. The highest BCUT2D eigenvalue weighted by Crippen LogP contribution is 2.06. The van der Waals surface area contributed by atoms with E-state index >= 15 is 0 Å². The van der Waals surface area contributed by atoms with E-state index in [-0.39, 0.29) is 24.2 Å². The van der Waals surface area contributed by atoms with Gasteiger partial charge in [-0.2, -0.15) is 0 Å². The monoisotopic (exact) mass is 268 g/mol. The Labute approximate surface area is 112 Å². The lowest BCUT2D eigenvalue weighted by Crippen LogP contribution is -2.41. The predicted molar refractivity (Wildman–Crippen MR) is 70.1 cm³/mol. The molecule has 6 heteroatoms. The van der Waals surface area contributed by atoms with Crippen LogP contribution in [-0.2, 0) is 16.1 Å². The van der Waals surface area contributed by atoms with E-state index in [9.17, 15) is 9.59 Å². The molecule has 1 heterocycles. The number of aromatic carboxylic acids is 1. The summed E-state index contributed by atoms with van der Waals surface area (Å²) in [7, 11) is 1.58. The topological polar surface area (TPSA) is 71.8 Å². The highest BCUT2D eigenvalue weighted by Gasteiger charge is 2.19. The van der Waals surface area contributed by atoms with E-state index in [0.29, 0.717) is 13.2 Å². The number of amides is 1. The Morgan fingerprint density at radius 3 is 2.68 bits per heavy atom. The average Bonchev–Trinajstić information content (AvgIpc) is 2.77. The van der Waals surface area contributed by atoms with Crippen molar-refractivity contribution in [2.45, 2.75) is 26.4 Å². The summed E-state index contributed by atoms with van der Waals surface area (Å²) < 4.78 is 6.41. The second-order valence-corrected chi connectivity index (χ2v) is 4.50. The number of rotatable bonds is 7. The number of carboxylic acids is 1. The number of ether oxygens (including phenoxy) is 1. The molecule has 1 rings (SSSR count). The molecule has 6 nitrogen and oxygen atoms in total. The van der Waals surface area contributed by atoms with E-state index < -0.39 is 5.97 Å². The van der Waals surface area contributed by atoms with Crippen LogP contribution in [0.4, 0.5) is 0 Å². The zero-order chi connectivity index (χ0) is 14.4. The molecule has 0 saturated heterocycles. The summed E-state index contributed by atoms with van der Waals surface area (Å²) in [6.45, 7) is 4.82. The number of nitrogens with zero attached hydrogens (tertiary/aromatic N) is 2. The minimum atomic E-state index is -1.04. The average molecular weight is 268 g/mol. The van der Waals surface area contributed by atoms with Gasteiger partial charge in [0.05, 0.1) is 6.61 Å². The molecule has 0 bridgehead atoms. The molecular weight excluding hydrogens is 248 g/mol. The molecule has 106 valence electrons. The largest absolute Gasteiger partial charge is 0.477 e. The molecule has 0 saturated carbocycles. The Hall–Kier alpha value is -1.82. The molecule has 1 amide bonds. The van der Waals surface area contributed by atoms with Gasteiger partial charge in [-0.15, -0.1) is 0 Å². The van der Waals surface area contributed by atoms with Crippen molar-refractivity contribution in [3.63, 3.8) is 0 Å². The van der Waals surface area contributed by atoms with Gasteiger partial charge in [-0.3, -0.25) is 4.79 Å². The number of aromatic nitrogens is 1. The van der Waals surface area contributed by atoms with E-state index in [4.69, 9.17) is 9.84 Å². The quantitative estimate of drug-likeness (QED) is 0.803. The third-order valence-corrected chi connectivity index (χ3v) is 2.83. The van der Waals surface area contributed by atoms with Gasteiger partial charge in [0.25, 0.3) is 0 Å². The van der Waals surface area contributed by atoms with Crippen LogP contribution in [0, 0.1) is 0 Å². The molecule has 1 aromatic rings. The summed E-state index contributed by atoms with van der Waals surface area (Å²) >= 11 is 0. The first-order valence-electron chi connectivity index (χ1n) is 6.14. The van der Waals surface area contributed by atoms with Gasteiger partial charge in [0.1, 0.15) is 12.2 Å². The van der Waals surface area contributed by atoms with Gasteiger partial charge in [0.15, 0.2) is 0 Å². The van der Waals surface area contributed by atoms with Gasteiger partial charge in [-0.05, 0) is 26.0 Å². The van der Waals surface area contributed by atoms with Crippen LogP contribution in [0.2, 0.25) is 0 Å². The first-order chi connectivity index (χ1) is 8.97. The number of carboxylic acid groups (broad SMARTS) is 1. The molecule has 0 aliphatic carbocycles. The molecule has 19 heavy (non-hydrogen) atoms. The minimum Gasteiger partial charge on any atom is -0.477 e. The molecule has 0 aliphatic heterocycles. The summed E-state index contributed by atoms with van der Waals surface area (Å²) in [4.78, 5) is 24.8. The lowest BCUT2D eigenvalue weighted by Gasteiger charge is -2.26. The highest BCUT2D eigenvalue weighted by atomic mass is 16.5. The highest BCUT2D eigenvalue weighted by molar-refractivity contribution is 5.87. The van der Waals surface area contributed by atoms with Gasteiger partial charge >= 0.3 is 5.97 Å². The van der Waals surface area contributed by atoms with Crippen molar-refractivity contribution in [2.75, 3.05) is 20.3 Å². The van der Waals surface area contributed by atoms with E-state index in [1.807, 2.05) is 13.8 Å². The lowest BCUT2D eigenvalue weighted by atomic mass is 10.3. The normalized spacial score (nSPS) is 10.7. The Kier molecular flexibility index (Phi) is 5.57. The third kappa shape index (κ3) is 4.10.